The summed E-state index contributed by atoms with van der Waals surface area (Å²) in [5, 5.41) is 19.6. The van der Waals surface area contributed by atoms with Gasteiger partial charge in [-0.15, -0.1) is 0 Å². The van der Waals surface area contributed by atoms with Crippen LogP contribution in [-0.2, 0) is 56.0 Å². The molecule has 82 heavy (non-hydrogen) atoms. The van der Waals surface area contributed by atoms with Gasteiger partial charge in [-0.3, -0.25) is 48.1 Å². The normalized spacial score (nSPS) is 22.5. The monoisotopic (exact) mass is 1180 g/mol. The molecule has 1 aliphatic heterocycles. The molecule has 0 aromatic heterocycles. The van der Waals surface area contributed by atoms with Crippen molar-refractivity contribution in [2.75, 3.05) is 25.4 Å². The molecule has 7 atom stereocenters. The molecule has 2 saturated carbocycles. The zero-order chi connectivity index (χ0) is 59.8. The van der Waals surface area contributed by atoms with E-state index in [0.717, 1.165) is 51.4 Å². The zero-order valence-electron chi connectivity index (χ0n) is 47.6. The Morgan fingerprint density at radius 3 is 1.84 bits per heavy atom. The average molecular weight is 1180 g/mol. The van der Waals surface area contributed by atoms with E-state index >= 15 is 4.79 Å². The van der Waals surface area contributed by atoms with Crippen molar-refractivity contribution in [2.24, 2.45) is 51.4 Å². The second-order valence-electron chi connectivity index (χ2n) is 21.9. The number of nitrogens with two attached hydrogens (primary N) is 5. The van der Waals surface area contributed by atoms with Gasteiger partial charge in [0, 0.05) is 36.3 Å². The van der Waals surface area contributed by atoms with Crippen LogP contribution < -0.4 is 70.6 Å². The summed E-state index contributed by atoms with van der Waals surface area (Å²) in [5.74, 6) is -7.12. The summed E-state index contributed by atoms with van der Waals surface area (Å²) in [5.41, 5.74) is 29.6. The number of rotatable bonds is 24. The van der Waals surface area contributed by atoms with Gasteiger partial charge in [0.25, 0.3) is 0 Å². The standard InChI is InChI=1S/C57H87N13O10S2/c1-4-80-39-25-23-36(24-26-39)30-42-51(75)67-43(29-35-15-6-5-7-16-35)53(77)70-48(34(2)3)55(79)68-44(31-46(59)71)52(76)69-45(33-81-82-57(32-47(72)64-42,37-17-8-9-18-37)38-19-10-11-20-38)54(78)66-41(21-12-13-27-58)50(74)65-40(49(60)73)22-14-28-63-56(61)62/h5-7,15-16,23-26,34,37-38,40-45,48H,4,8-14,17-22,27-33,58H2,1-3H3,(H2,59,71)(H2,60,73)(H,64,72)(H,65,74)(H,66,78)(H,67,75)(H,68,79)(H,69,76)(H,70,77)(H4,61,62,63)/t40-,41-,42+,43-,44-,45-,48-/m0/s1. The number of aliphatic imine (C=N–C) groups is 1. The van der Waals surface area contributed by atoms with E-state index in [1.807, 2.05) is 25.1 Å². The van der Waals surface area contributed by atoms with Crippen molar-refractivity contribution in [3.05, 3.63) is 65.7 Å². The van der Waals surface area contributed by atoms with E-state index in [1.165, 1.54) is 21.6 Å². The van der Waals surface area contributed by atoms with Crippen LogP contribution in [0.15, 0.2) is 59.6 Å². The number of ether oxygens (including phenoxy) is 1. The van der Waals surface area contributed by atoms with Gasteiger partial charge in [0.05, 0.1) is 13.0 Å². The summed E-state index contributed by atoms with van der Waals surface area (Å²) < 4.78 is 4.96. The largest absolute Gasteiger partial charge is 0.494 e. The highest BCUT2D eigenvalue weighted by atomic mass is 33.1. The summed E-state index contributed by atoms with van der Waals surface area (Å²) in [7, 11) is 2.75. The van der Waals surface area contributed by atoms with Crippen molar-refractivity contribution in [1.29, 1.82) is 0 Å². The van der Waals surface area contributed by atoms with Crippen LogP contribution in [0.2, 0.25) is 0 Å². The van der Waals surface area contributed by atoms with Gasteiger partial charge in [0.15, 0.2) is 5.96 Å². The van der Waals surface area contributed by atoms with Crippen molar-refractivity contribution < 1.29 is 47.9 Å². The maximum absolute atomic E-state index is 15.1. The zero-order valence-corrected chi connectivity index (χ0v) is 49.2. The molecular formula is C57H87N13O10S2. The molecule has 3 aliphatic rings. The lowest BCUT2D eigenvalue weighted by Gasteiger charge is -2.43. The molecule has 2 aromatic carbocycles. The second kappa shape index (κ2) is 33.5. The van der Waals surface area contributed by atoms with Crippen molar-refractivity contribution in [3.63, 3.8) is 0 Å². The summed E-state index contributed by atoms with van der Waals surface area (Å²) in [6.45, 7) is 6.07. The van der Waals surface area contributed by atoms with Crippen LogP contribution in [0.25, 0.3) is 0 Å². The number of benzene rings is 2. The Bertz CT molecular complexity index is 2480. The van der Waals surface area contributed by atoms with E-state index in [4.69, 9.17) is 33.4 Å². The molecule has 0 spiro atoms. The van der Waals surface area contributed by atoms with Crippen molar-refractivity contribution >= 4 is 80.7 Å². The van der Waals surface area contributed by atoms with Gasteiger partial charge < -0.3 is 70.6 Å². The van der Waals surface area contributed by atoms with Gasteiger partial charge in [-0.1, -0.05) is 104 Å². The van der Waals surface area contributed by atoms with Crippen molar-refractivity contribution in [2.45, 2.75) is 177 Å². The second-order valence-corrected chi connectivity index (χ2v) is 24.6. The smallest absolute Gasteiger partial charge is 0.244 e. The number of nitrogens with zero attached hydrogens (tertiary/aromatic N) is 1. The van der Waals surface area contributed by atoms with Crippen LogP contribution in [-0.4, -0.2) is 132 Å². The number of carbonyl (C=O) groups is 9. The van der Waals surface area contributed by atoms with Gasteiger partial charge in [-0.2, -0.15) is 0 Å². The summed E-state index contributed by atoms with van der Waals surface area (Å²) >= 11 is 0. The highest BCUT2D eigenvalue weighted by Crippen LogP contribution is 2.57. The minimum absolute atomic E-state index is 0.00334. The van der Waals surface area contributed by atoms with Crippen molar-refractivity contribution in [1.82, 2.24) is 37.2 Å². The lowest BCUT2D eigenvalue weighted by Crippen LogP contribution is -2.62. The molecule has 452 valence electrons. The molecule has 1 saturated heterocycles. The molecule has 3 fully saturated rings. The maximum atomic E-state index is 15.1. The number of nitrogens with one attached hydrogen (secondary N) is 7. The minimum atomic E-state index is -1.66. The van der Waals surface area contributed by atoms with Gasteiger partial charge in [0.2, 0.25) is 53.2 Å². The third-order valence-electron chi connectivity index (χ3n) is 15.3. The molecule has 2 aromatic rings. The van der Waals surface area contributed by atoms with Crippen molar-refractivity contribution in [3.8, 4) is 5.75 Å². The fraction of sp³-hybridized carbons (Fsp3) is 0.614. The van der Waals surface area contributed by atoms with E-state index in [0.29, 0.717) is 36.3 Å². The van der Waals surface area contributed by atoms with Crippen LogP contribution in [0.1, 0.15) is 128 Å². The third-order valence-corrected chi connectivity index (χ3v) is 18.7. The topological polar surface area (TPSA) is 390 Å². The Morgan fingerprint density at radius 2 is 1.27 bits per heavy atom. The molecule has 0 bridgehead atoms. The molecule has 5 rings (SSSR count). The van der Waals surface area contributed by atoms with E-state index < -0.39 is 107 Å². The predicted molar refractivity (Wildman–Crippen MR) is 317 cm³/mol. The lowest BCUT2D eigenvalue weighted by molar-refractivity contribution is -0.136. The van der Waals surface area contributed by atoms with Gasteiger partial charge in [-0.05, 0) is 112 Å². The molecule has 2 aliphatic carbocycles. The Balaban J connectivity index is 1.60. The number of unbranched alkanes of at least 4 members (excludes halogenated alkanes) is 1. The lowest BCUT2D eigenvalue weighted by atomic mass is 9.76. The quantitative estimate of drug-likeness (QED) is 0.0306. The minimum Gasteiger partial charge on any atom is -0.494 e. The first kappa shape index (κ1) is 66.2. The Kier molecular flexibility index (Phi) is 27.0. The first-order valence-electron chi connectivity index (χ1n) is 28.7. The van der Waals surface area contributed by atoms with Crippen LogP contribution >= 0.6 is 21.6 Å². The fourth-order valence-corrected chi connectivity index (χ4v) is 14.9. The van der Waals surface area contributed by atoms with Crippen LogP contribution in [0.3, 0.4) is 0 Å². The number of guanidine groups is 1. The van der Waals surface area contributed by atoms with Gasteiger partial charge >= 0.3 is 0 Å². The number of amides is 9. The highest BCUT2D eigenvalue weighted by molar-refractivity contribution is 8.77. The van der Waals surface area contributed by atoms with Gasteiger partial charge in [-0.25, -0.2) is 0 Å². The summed E-state index contributed by atoms with van der Waals surface area (Å²) in [6.07, 6.45) is 7.70. The number of hydrogen-bond donors (Lipinski definition) is 12. The Hall–Kier alpha value is -6.60. The van der Waals surface area contributed by atoms with E-state index in [-0.39, 0.29) is 81.1 Å². The highest BCUT2D eigenvalue weighted by Gasteiger charge is 2.50. The van der Waals surface area contributed by atoms with E-state index in [9.17, 15) is 38.4 Å². The van der Waals surface area contributed by atoms with Gasteiger partial charge in [0.1, 0.15) is 48.0 Å². The third kappa shape index (κ3) is 20.7. The van der Waals surface area contributed by atoms with E-state index in [2.05, 4.69) is 42.2 Å². The molecule has 0 radical (unpaired) electrons. The number of carbonyl (C=O) groups excluding carboxylic acids is 9. The number of hydrogen-bond acceptors (Lipinski definition) is 14. The van der Waals surface area contributed by atoms with E-state index in [1.54, 1.807) is 50.2 Å². The molecule has 23 nitrogen and oxygen atoms in total. The molecule has 9 amide bonds. The average Bonchev–Trinajstić information content (AvgIpc) is 4.30. The maximum Gasteiger partial charge on any atom is 0.244 e. The molecule has 17 N–H and O–H groups in total. The van der Waals surface area contributed by atoms with Crippen LogP contribution in [0, 0.1) is 17.8 Å². The fourth-order valence-electron chi connectivity index (χ4n) is 11.0. The summed E-state index contributed by atoms with van der Waals surface area (Å²) in [6, 6.07) is 6.85. The molecular weight excluding hydrogens is 1090 g/mol. The Labute approximate surface area is 489 Å². The molecule has 1 heterocycles. The SMILES string of the molecule is CCOc1ccc(C[C@H]2NC(=O)CC(C3CCCC3)(C3CCCC3)SSC[C@@H](C(=O)N[C@@H](CCCCN)C(=O)N[C@@H](CCCN=C(N)N)C(N)=O)NC(=O)[C@H](CC(N)=O)NC(=O)[C@H](C(C)C)NC(=O)[C@H](Cc3ccccc3)NC2=O)cc1. The number of primary amides is 2. The van der Waals surface area contributed by atoms with Crippen LogP contribution in [0.4, 0.5) is 0 Å². The Morgan fingerprint density at radius 1 is 0.695 bits per heavy atom. The first-order chi connectivity index (χ1) is 39.2. The first-order valence-corrected chi connectivity index (χ1v) is 31.1. The molecule has 0 unspecified atom stereocenters. The molecule has 25 heteroatoms. The summed E-state index contributed by atoms with van der Waals surface area (Å²) in [4.78, 5) is 132. The predicted octanol–water partition coefficient (Wildman–Crippen LogP) is 1.37. The van der Waals surface area contributed by atoms with Crippen LogP contribution in [0.5, 0.6) is 5.75 Å².